The third-order valence-corrected chi connectivity index (χ3v) is 2.25. The van der Waals surface area contributed by atoms with Gasteiger partial charge in [-0.25, -0.2) is 0 Å². The van der Waals surface area contributed by atoms with Crippen LogP contribution < -0.4 is 0 Å². The van der Waals surface area contributed by atoms with Crippen molar-refractivity contribution < 1.29 is 5.11 Å². The number of nitriles is 1. The molecular formula is C7H12N2O. The summed E-state index contributed by atoms with van der Waals surface area (Å²) in [5.41, 5.74) is 0. The highest BCUT2D eigenvalue weighted by Gasteiger charge is 2.35. The molecule has 0 aromatic carbocycles. The Bertz CT molecular complexity index is 163. The molecule has 56 valence electrons. The molecule has 0 amide bonds. The molecule has 0 aromatic rings. The van der Waals surface area contributed by atoms with Crippen LogP contribution in [0.4, 0.5) is 0 Å². The second-order valence-electron chi connectivity index (χ2n) is 2.91. The molecule has 1 saturated heterocycles. The molecule has 1 aliphatic heterocycles. The Labute approximate surface area is 60.9 Å². The van der Waals surface area contributed by atoms with Crippen molar-refractivity contribution in [3.63, 3.8) is 0 Å². The number of likely N-dealkylation sites (N-methyl/N-ethyl adjacent to an activating group) is 1. The first kappa shape index (κ1) is 7.52. The molecule has 0 aromatic heterocycles. The third-order valence-electron chi connectivity index (χ3n) is 2.25. The van der Waals surface area contributed by atoms with Gasteiger partial charge >= 0.3 is 0 Å². The molecule has 3 nitrogen and oxygen atoms in total. The highest BCUT2D eigenvalue weighted by atomic mass is 16.3. The van der Waals surface area contributed by atoms with Crippen LogP contribution in [0.25, 0.3) is 0 Å². The van der Waals surface area contributed by atoms with Crippen LogP contribution in [-0.4, -0.2) is 35.7 Å². The maximum absolute atomic E-state index is 9.36. The van der Waals surface area contributed by atoms with E-state index in [9.17, 15) is 5.11 Å². The van der Waals surface area contributed by atoms with Gasteiger partial charge in [-0.3, -0.25) is 4.90 Å². The van der Waals surface area contributed by atoms with E-state index in [4.69, 9.17) is 5.26 Å². The standard InChI is InChI=1S/C7H12N2O/c1-5-7(10)6(3-8)4-9(5)2/h5-7,10H,4H2,1-2H3. The molecule has 1 rings (SSSR count). The SMILES string of the molecule is CC1C(O)C(C#N)CN1C. The van der Waals surface area contributed by atoms with E-state index < -0.39 is 6.10 Å². The van der Waals surface area contributed by atoms with Gasteiger partial charge in [-0.1, -0.05) is 0 Å². The average molecular weight is 140 g/mol. The molecule has 1 fully saturated rings. The van der Waals surface area contributed by atoms with Crippen molar-refractivity contribution in [2.75, 3.05) is 13.6 Å². The van der Waals surface area contributed by atoms with Gasteiger partial charge in [0.1, 0.15) is 0 Å². The van der Waals surface area contributed by atoms with E-state index in [2.05, 4.69) is 6.07 Å². The molecule has 1 heterocycles. The summed E-state index contributed by atoms with van der Waals surface area (Å²) in [4.78, 5) is 2.00. The summed E-state index contributed by atoms with van der Waals surface area (Å²) < 4.78 is 0. The summed E-state index contributed by atoms with van der Waals surface area (Å²) in [6, 6.07) is 2.21. The smallest absolute Gasteiger partial charge is 0.0864 e. The Balaban J connectivity index is 2.64. The molecule has 0 saturated carbocycles. The Morgan fingerprint density at radius 1 is 1.70 bits per heavy atom. The molecule has 3 heteroatoms. The fraction of sp³-hybridized carbons (Fsp3) is 0.857. The number of likely N-dealkylation sites (tertiary alicyclic amines) is 1. The second-order valence-corrected chi connectivity index (χ2v) is 2.91. The summed E-state index contributed by atoms with van der Waals surface area (Å²) >= 11 is 0. The Morgan fingerprint density at radius 2 is 2.30 bits per heavy atom. The zero-order valence-electron chi connectivity index (χ0n) is 6.28. The van der Waals surface area contributed by atoms with Gasteiger partial charge in [-0.05, 0) is 14.0 Å². The van der Waals surface area contributed by atoms with Gasteiger partial charge in [-0.15, -0.1) is 0 Å². The van der Waals surface area contributed by atoms with Gasteiger partial charge in [0.2, 0.25) is 0 Å². The fourth-order valence-electron chi connectivity index (χ4n) is 1.30. The zero-order chi connectivity index (χ0) is 7.72. The number of rotatable bonds is 0. The molecule has 3 unspecified atom stereocenters. The van der Waals surface area contributed by atoms with Crippen molar-refractivity contribution in [3.05, 3.63) is 0 Å². The number of aliphatic hydroxyl groups is 1. The highest BCUT2D eigenvalue weighted by molar-refractivity contribution is 4.99. The number of hydrogen-bond acceptors (Lipinski definition) is 3. The summed E-state index contributed by atoms with van der Waals surface area (Å²) in [6.07, 6.45) is -0.463. The zero-order valence-corrected chi connectivity index (χ0v) is 6.28. The van der Waals surface area contributed by atoms with Crippen molar-refractivity contribution in [1.29, 1.82) is 5.26 Å². The van der Waals surface area contributed by atoms with Crippen LogP contribution in [0.2, 0.25) is 0 Å². The van der Waals surface area contributed by atoms with Crippen molar-refractivity contribution in [2.45, 2.75) is 19.1 Å². The second kappa shape index (κ2) is 2.57. The van der Waals surface area contributed by atoms with Gasteiger partial charge in [0.25, 0.3) is 0 Å². The molecule has 0 bridgehead atoms. The van der Waals surface area contributed by atoms with E-state index in [1.165, 1.54) is 0 Å². The summed E-state index contributed by atoms with van der Waals surface area (Å²) in [5, 5.41) is 17.9. The van der Waals surface area contributed by atoms with Crippen LogP contribution >= 0.6 is 0 Å². The topological polar surface area (TPSA) is 47.3 Å². The number of hydrogen-bond donors (Lipinski definition) is 1. The molecule has 3 atom stereocenters. The van der Waals surface area contributed by atoms with E-state index >= 15 is 0 Å². The van der Waals surface area contributed by atoms with Gasteiger partial charge in [-0.2, -0.15) is 5.26 Å². The molecule has 0 spiro atoms. The molecule has 10 heavy (non-hydrogen) atoms. The van der Waals surface area contributed by atoms with E-state index in [0.717, 1.165) is 0 Å². The predicted octanol–water partition coefficient (Wildman–Crippen LogP) is -0.179. The minimum Gasteiger partial charge on any atom is -0.390 e. The normalized spacial score (nSPS) is 41.6. The van der Waals surface area contributed by atoms with Crippen LogP contribution in [-0.2, 0) is 0 Å². The third kappa shape index (κ3) is 1.00. The summed E-state index contributed by atoms with van der Waals surface area (Å²) in [7, 11) is 1.92. The summed E-state index contributed by atoms with van der Waals surface area (Å²) in [6.45, 7) is 2.63. The lowest BCUT2D eigenvalue weighted by atomic mass is 10.1. The minimum atomic E-state index is -0.463. The van der Waals surface area contributed by atoms with Crippen molar-refractivity contribution in [1.82, 2.24) is 4.90 Å². The fourth-order valence-corrected chi connectivity index (χ4v) is 1.30. The monoisotopic (exact) mass is 140 g/mol. The predicted molar refractivity (Wildman–Crippen MR) is 37.2 cm³/mol. The first-order valence-electron chi connectivity index (χ1n) is 3.44. The quantitative estimate of drug-likeness (QED) is 0.508. The van der Waals surface area contributed by atoms with Crippen molar-refractivity contribution in [2.24, 2.45) is 5.92 Å². The maximum atomic E-state index is 9.36. The van der Waals surface area contributed by atoms with E-state index in [0.29, 0.717) is 6.54 Å². The lowest BCUT2D eigenvalue weighted by molar-refractivity contribution is 0.122. The van der Waals surface area contributed by atoms with Crippen LogP contribution in [0.1, 0.15) is 6.92 Å². The van der Waals surface area contributed by atoms with E-state index in [-0.39, 0.29) is 12.0 Å². The lowest BCUT2D eigenvalue weighted by Gasteiger charge is -2.15. The summed E-state index contributed by atoms with van der Waals surface area (Å²) in [5.74, 6) is -0.194. The number of aliphatic hydroxyl groups excluding tert-OH is 1. The van der Waals surface area contributed by atoms with Gasteiger partial charge in [0.05, 0.1) is 18.1 Å². The van der Waals surface area contributed by atoms with Crippen LogP contribution in [0, 0.1) is 17.2 Å². The number of nitrogens with zero attached hydrogens (tertiary/aromatic N) is 2. The Morgan fingerprint density at radius 3 is 2.50 bits per heavy atom. The lowest BCUT2D eigenvalue weighted by Crippen LogP contribution is -2.29. The van der Waals surface area contributed by atoms with Crippen LogP contribution in [0.3, 0.4) is 0 Å². The molecular weight excluding hydrogens is 128 g/mol. The molecule has 1 N–H and O–H groups in total. The Kier molecular flexibility index (Phi) is 1.93. The van der Waals surface area contributed by atoms with E-state index in [1.54, 1.807) is 0 Å². The van der Waals surface area contributed by atoms with Gasteiger partial charge < -0.3 is 5.11 Å². The van der Waals surface area contributed by atoms with Crippen LogP contribution in [0.5, 0.6) is 0 Å². The van der Waals surface area contributed by atoms with Gasteiger partial charge in [0, 0.05) is 12.6 Å². The molecule has 1 aliphatic rings. The first-order valence-corrected chi connectivity index (χ1v) is 3.44. The molecule has 0 aliphatic carbocycles. The average Bonchev–Trinajstić information content (AvgIpc) is 2.17. The Hall–Kier alpha value is -0.590. The molecule has 0 radical (unpaired) electrons. The van der Waals surface area contributed by atoms with Gasteiger partial charge in [0.15, 0.2) is 0 Å². The minimum absolute atomic E-state index is 0.129. The first-order chi connectivity index (χ1) is 4.66. The van der Waals surface area contributed by atoms with E-state index in [1.807, 2.05) is 18.9 Å². The van der Waals surface area contributed by atoms with Crippen molar-refractivity contribution in [3.8, 4) is 6.07 Å². The van der Waals surface area contributed by atoms with Crippen molar-refractivity contribution >= 4 is 0 Å². The largest absolute Gasteiger partial charge is 0.390 e. The van der Waals surface area contributed by atoms with Crippen LogP contribution in [0.15, 0.2) is 0 Å². The maximum Gasteiger partial charge on any atom is 0.0864 e. The highest BCUT2D eigenvalue weighted by Crippen LogP contribution is 2.20.